The molecule has 0 fully saturated rings. The summed E-state index contributed by atoms with van der Waals surface area (Å²) in [6, 6.07) is 18.4. The van der Waals surface area contributed by atoms with E-state index in [1.54, 1.807) is 6.92 Å². The van der Waals surface area contributed by atoms with Crippen molar-refractivity contribution < 1.29 is 14.4 Å². The van der Waals surface area contributed by atoms with Gasteiger partial charge in [0, 0.05) is 11.8 Å². The average Bonchev–Trinajstić information content (AvgIpc) is 2.66. The predicted molar refractivity (Wildman–Crippen MR) is 113 cm³/mol. The van der Waals surface area contributed by atoms with Crippen LogP contribution in [0.2, 0.25) is 0 Å². The van der Waals surface area contributed by atoms with Crippen LogP contribution in [-0.2, 0) is 27.2 Å². The zero-order chi connectivity index (χ0) is 21.2. The van der Waals surface area contributed by atoms with Crippen molar-refractivity contribution in [1.29, 1.82) is 0 Å². The summed E-state index contributed by atoms with van der Waals surface area (Å²) in [7, 11) is 0. The Balaban J connectivity index is 2.19. The summed E-state index contributed by atoms with van der Waals surface area (Å²) in [4.78, 5) is 37.7. The Morgan fingerprint density at radius 3 is 1.72 bits per heavy atom. The molecule has 6 heteroatoms. The molecule has 2 aromatic rings. The van der Waals surface area contributed by atoms with Crippen molar-refractivity contribution in [3.63, 3.8) is 0 Å². The second kappa shape index (κ2) is 10.9. The van der Waals surface area contributed by atoms with Gasteiger partial charge >= 0.3 is 0 Å². The summed E-state index contributed by atoms with van der Waals surface area (Å²) >= 11 is 0. The molecule has 6 nitrogen and oxygen atoms in total. The summed E-state index contributed by atoms with van der Waals surface area (Å²) in [6.45, 7) is 5.37. The van der Waals surface area contributed by atoms with E-state index in [0.717, 1.165) is 16.1 Å². The third-order valence-corrected chi connectivity index (χ3v) is 4.01. The Bertz CT molecular complexity index is 808. The maximum absolute atomic E-state index is 12.8. The minimum absolute atomic E-state index is 0.00540. The quantitative estimate of drug-likeness (QED) is 0.553. The molecule has 3 amide bonds. The first-order valence-corrected chi connectivity index (χ1v) is 9.62. The smallest absolute Gasteiger partial charge is 0.254 e. The van der Waals surface area contributed by atoms with Crippen molar-refractivity contribution in [3.8, 4) is 0 Å². The molecule has 0 aliphatic rings. The minimum Gasteiger partial charge on any atom is -0.354 e. The maximum Gasteiger partial charge on any atom is 0.254 e. The number of rotatable bonds is 8. The van der Waals surface area contributed by atoms with Gasteiger partial charge in [-0.25, -0.2) is 0 Å². The van der Waals surface area contributed by atoms with Crippen molar-refractivity contribution in [2.24, 2.45) is 5.10 Å². The van der Waals surface area contributed by atoms with Crippen molar-refractivity contribution in [2.75, 3.05) is 0 Å². The zero-order valence-corrected chi connectivity index (χ0v) is 17.1. The molecule has 2 rings (SSSR count). The summed E-state index contributed by atoms with van der Waals surface area (Å²) in [5.74, 6) is -1.06. The Morgan fingerprint density at radius 2 is 1.31 bits per heavy atom. The number of amides is 3. The van der Waals surface area contributed by atoms with Crippen LogP contribution in [-0.4, -0.2) is 34.5 Å². The molecule has 0 radical (unpaired) electrons. The van der Waals surface area contributed by atoms with Gasteiger partial charge < -0.3 is 5.32 Å². The number of carbonyl (C=O) groups is 3. The summed E-state index contributed by atoms with van der Waals surface area (Å²) < 4.78 is 0. The van der Waals surface area contributed by atoms with E-state index in [4.69, 9.17) is 0 Å². The van der Waals surface area contributed by atoms with Crippen LogP contribution in [0, 0.1) is 0 Å². The van der Waals surface area contributed by atoms with Gasteiger partial charge in [-0.2, -0.15) is 10.1 Å². The molecule has 0 aliphatic carbocycles. The first kappa shape index (κ1) is 22.0. The van der Waals surface area contributed by atoms with Crippen LogP contribution in [0.4, 0.5) is 0 Å². The molecule has 0 aromatic heterocycles. The molecule has 0 bridgehead atoms. The fourth-order valence-electron chi connectivity index (χ4n) is 2.75. The van der Waals surface area contributed by atoms with Crippen molar-refractivity contribution in [2.45, 2.75) is 46.1 Å². The molecule has 1 N–H and O–H groups in total. The van der Waals surface area contributed by atoms with Crippen LogP contribution in [0.25, 0.3) is 0 Å². The van der Waals surface area contributed by atoms with Gasteiger partial charge in [0.05, 0.1) is 19.3 Å². The third kappa shape index (κ3) is 7.70. The Kier molecular flexibility index (Phi) is 8.27. The maximum atomic E-state index is 12.8. The fourth-order valence-corrected chi connectivity index (χ4v) is 2.75. The number of nitrogens with one attached hydrogen (secondary N) is 1. The Hall–Kier alpha value is -3.28. The zero-order valence-electron chi connectivity index (χ0n) is 17.1. The van der Waals surface area contributed by atoms with Gasteiger partial charge in [0.25, 0.3) is 11.8 Å². The first-order chi connectivity index (χ1) is 13.8. The predicted octanol–water partition coefficient (Wildman–Crippen LogP) is 3.12. The topological polar surface area (TPSA) is 78.8 Å². The fraction of sp³-hybridized carbons (Fsp3) is 0.304. The summed E-state index contributed by atoms with van der Waals surface area (Å²) in [5.41, 5.74) is 1.98. The van der Waals surface area contributed by atoms with Gasteiger partial charge in [-0.3, -0.25) is 14.4 Å². The molecule has 0 unspecified atom stereocenters. The third-order valence-electron chi connectivity index (χ3n) is 4.01. The molecule has 0 atom stereocenters. The van der Waals surface area contributed by atoms with Gasteiger partial charge in [0.1, 0.15) is 0 Å². The molecule has 0 saturated carbocycles. The number of hydrazone groups is 1. The molecule has 29 heavy (non-hydrogen) atoms. The van der Waals surface area contributed by atoms with Crippen LogP contribution in [0.3, 0.4) is 0 Å². The lowest BCUT2D eigenvalue weighted by Gasteiger charge is -2.17. The minimum atomic E-state index is -0.430. The number of hydrogen-bond donors (Lipinski definition) is 1. The lowest BCUT2D eigenvalue weighted by molar-refractivity contribution is -0.144. The van der Waals surface area contributed by atoms with Crippen LogP contribution in [0.5, 0.6) is 0 Å². The van der Waals surface area contributed by atoms with E-state index in [-0.39, 0.29) is 31.2 Å². The van der Waals surface area contributed by atoms with E-state index >= 15 is 0 Å². The Morgan fingerprint density at radius 1 is 0.862 bits per heavy atom. The Labute approximate surface area is 171 Å². The van der Waals surface area contributed by atoms with E-state index < -0.39 is 11.8 Å². The number of benzene rings is 2. The van der Waals surface area contributed by atoms with E-state index in [0.29, 0.717) is 5.71 Å². The molecular formula is C23H27N3O3. The highest BCUT2D eigenvalue weighted by Gasteiger charge is 2.22. The number of imide groups is 1. The van der Waals surface area contributed by atoms with Crippen molar-refractivity contribution >= 4 is 23.4 Å². The van der Waals surface area contributed by atoms with E-state index in [1.807, 2.05) is 74.5 Å². The molecule has 0 aliphatic heterocycles. The van der Waals surface area contributed by atoms with Gasteiger partial charge in [-0.05, 0) is 31.9 Å². The highest BCUT2D eigenvalue weighted by molar-refractivity contribution is 6.03. The monoisotopic (exact) mass is 393 g/mol. The van der Waals surface area contributed by atoms with E-state index in [2.05, 4.69) is 10.4 Å². The molecule has 0 spiro atoms. The lowest BCUT2D eigenvalue weighted by Crippen LogP contribution is -2.36. The van der Waals surface area contributed by atoms with Gasteiger partial charge in [0.15, 0.2) is 0 Å². The average molecular weight is 393 g/mol. The second-order valence-electron chi connectivity index (χ2n) is 7.16. The van der Waals surface area contributed by atoms with E-state index in [9.17, 15) is 14.4 Å². The normalized spacial score (nSPS) is 11.2. The van der Waals surface area contributed by atoms with Crippen LogP contribution in [0.1, 0.15) is 38.3 Å². The van der Waals surface area contributed by atoms with Crippen molar-refractivity contribution in [1.82, 2.24) is 10.3 Å². The SMILES string of the molecule is C/C(CC(=O)NC(C)C)=N\N(C(=O)Cc1ccccc1)C(=O)Cc1ccccc1. The molecule has 2 aromatic carbocycles. The highest BCUT2D eigenvalue weighted by Crippen LogP contribution is 2.09. The van der Waals surface area contributed by atoms with E-state index in [1.165, 1.54) is 0 Å². The molecule has 0 heterocycles. The standard InChI is InChI=1S/C23H27N3O3/c1-17(2)24-21(27)14-18(3)25-26(22(28)15-19-10-6-4-7-11-19)23(29)16-20-12-8-5-9-13-20/h4-13,17H,14-16H2,1-3H3,(H,24,27)/b25-18+. The number of nitrogens with zero attached hydrogens (tertiary/aromatic N) is 2. The van der Waals surface area contributed by atoms with Crippen LogP contribution in [0.15, 0.2) is 65.8 Å². The second-order valence-corrected chi connectivity index (χ2v) is 7.16. The highest BCUT2D eigenvalue weighted by atomic mass is 16.2. The van der Waals surface area contributed by atoms with Gasteiger partial charge in [-0.15, -0.1) is 0 Å². The largest absolute Gasteiger partial charge is 0.354 e. The first-order valence-electron chi connectivity index (χ1n) is 9.62. The number of hydrogen-bond acceptors (Lipinski definition) is 4. The van der Waals surface area contributed by atoms with Gasteiger partial charge in [0.2, 0.25) is 5.91 Å². The molecule has 152 valence electrons. The van der Waals surface area contributed by atoms with Crippen LogP contribution >= 0.6 is 0 Å². The van der Waals surface area contributed by atoms with Crippen molar-refractivity contribution in [3.05, 3.63) is 71.8 Å². The number of carbonyl (C=O) groups excluding carboxylic acids is 3. The molecular weight excluding hydrogens is 366 g/mol. The lowest BCUT2D eigenvalue weighted by atomic mass is 10.1. The summed E-state index contributed by atoms with van der Waals surface area (Å²) in [5, 5.41) is 7.88. The molecule has 0 saturated heterocycles. The summed E-state index contributed by atoms with van der Waals surface area (Å²) in [6.07, 6.45) is 0.124. The van der Waals surface area contributed by atoms with Crippen LogP contribution < -0.4 is 5.32 Å². The van der Waals surface area contributed by atoms with Gasteiger partial charge in [-0.1, -0.05) is 60.7 Å².